The maximum absolute atomic E-state index is 10.0. The molecule has 1 saturated heterocycles. The molecule has 2 aromatic rings. The van der Waals surface area contributed by atoms with Gasteiger partial charge < -0.3 is 5.11 Å². The summed E-state index contributed by atoms with van der Waals surface area (Å²) >= 11 is 6.37. The van der Waals surface area contributed by atoms with Crippen molar-refractivity contribution in [2.45, 2.75) is 52.1 Å². The Balaban J connectivity index is 1.65. The van der Waals surface area contributed by atoms with E-state index in [0.29, 0.717) is 11.3 Å². The number of benzene rings is 1. The minimum absolute atomic E-state index is 0.149. The van der Waals surface area contributed by atoms with Crippen LogP contribution in [0.5, 0.6) is 0 Å². The van der Waals surface area contributed by atoms with Crippen LogP contribution in [0.4, 0.5) is 0 Å². The van der Waals surface area contributed by atoms with Crippen molar-refractivity contribution in [3.8, 4) is 10.4 Å². The molecule has 4 heteroatoms. The molecule has 2 aliphatic rings. The molecular formula is C21H27NOS2. The predicted octanol–water partition coefficient (Wildman–Crippen LogP) is 5.06. The lowest BCUT2D eigenvalue weighted by molar-refractivity contribution is 0.274. The van der Waals surface area contributed by atoms with Crippen LogP contribution in [0, 0.1) is 5.41 Å². The number of rotatable bonds is 3. The first-order chi connectivity index (χ1) is 12.0. The van der Waals surface area contributed by atoms with Crippen molar-refractivity contribution in [3.05, 3.63) is 45.8 Å². The van der Waals surface area contributed by atoms with Crippen LogP contribution in [0.1, 0.15) is 54.2 Å². The number of aliphatic hydroxyl groups is 1. The lowest BCUT2D eigenvalue weighted by Crippen LogP contribution is -2.21. The van der Waals surface area contributed by atoms with Gasteiger partial charge in [0, 0.05) is 22.8 Å². The lowest BCUT2D eigenvalue weighted by atomic mass is 9.76. The zero-order valence-electron chi connectivity index (χ0n) is 15.1. The second kappa shape index (κ2) is 6.73. The van der Waals surface area contributed by atoms with Crippen molar-refractivity contribution in [3.63, 3.8) is 0 Å². The molecular weight excluding hydrogens is 346 g/mol. The summed E-state index contributed by atoms with van der Waals surface area (Å²) in [5, 5.41) is 10.0. The van der Waals surface area contributed by atoms with Gasteiger partial charge in [0.1, 0.15) is 0 Å². The first-order valence-electron chi connectivity index (χ1n) is 9.25. The van der Waals surface area contributed by atoms with Crippen LogP contribution in [0.25, 0.3) is 10.4 Å². The van der Waals surface area contributed by atoms with Crippen LogP contribution in [0.15, 0.2) is 24.3 Å². The first kappa shape index (κ1) is 17.6. The molecule has 1 aliphatic heterocycles. The Bertz CT molecular complexity index is 763. The van der Waals surface area contributed by atoms with E-state index in [0.717, 1.165) is 25.9 Å². The fourth-order valence-electron chi connectivity index (χ4n) is 4.30. The van der Waals surface area contributed by atoms with Crippen molar-refractivity contribution >= 4 is 24.2 Å². The molecule has 1 atom stereocenters. The fourth-order valence-corrected chi connectivity index (χ4v) is 5.95. The smallest absolute Gasteiger partial charge is 0.0698 e. The Morgan fingerprint density at radius 3 is 2.68 bits per heavy atom. The zero-order valence-corrected chi connectivity index (χ0v) is 16.8. The van der Waals surface area contributed by atoms with E-state index in [4.69, 9.17) is 0 Å². The third-order valence-corrected chi connectivity index (χ3v) is 7.60. The van der Waals surface area contributed by atoms with Gasteiger partial charge in [0.2, 0.25) is 0 Å². The molecule has 134 valence electrons. The number of aliphatic hydroxyl groups excluding tert-OH is 1. The second-order valence-corrected chi connectivity index (χ2v) is 10.0. The quantitative estimate of drug-likeness (QED) is 0.735. The molecule has 0 radical (unpaired) electrons. The van der Waals surface area contributed by atoms with Gasteiger partial charge in [-0.15, -0.1) is 11.3 Å². The summed E-state index contributed by atoms with van der Waals surface area (Å²) in [5.74, 6) is 0.598. The average Bonchev–Trinajstić information content (AvgIpc) is 3.17. The van der Waals surface area contributed by atoms with Crippen LogP contribution >= 0.6 is 24.2 Å². The van der Waals surface area contributed by atoms with Gasteiger partial charge in [-0.05, 0) is 59.3 Å². The van der Waals surface area contributed by atoms with Crippen LogP contribution in [0.3, 0.4) is 0 Å². The van der Waals surface area contributed by atoms with Gasteiger partial charge in [-0.3, -0.25) is 4.31 Å². The summed E-state index contributed by atoms with van der Waals surface area (Å²) in [6.07, 6.45) is 4.67. The van der Waals surface area contributed by atoms with Crippen molar-refractivity contribution in [2.24, 2.45) is 5.41 Å². The van der Waals surface area contributed by atoms with E-state index in [1.807, 2.05) is 11.3 Å². The highest BCUT2D eigenvalue weighted by Crippen LogP contribution is 2.45. The zero-order chi connectivity index (χ0) is 17.6. The predicted molar refractivity (Wildman–Crippen MR) is 109 cm³/mol. The van der Waals surface area contributed by atoms with E-state index in [2.05, 4.69) is 55.2 Å². The Labute approximate surface area is 160 Å². The standard InChI is InChI=1S/C21H27NOS2/c1-21(2)9-7-19-17(11-21)18(13-23)20(25-19)15-5-3-14(4-6-15)16-8-10-22(24)12-16/h3-6,16,23-24H,7-13H2,1-2H3/t16-/m1/s1. The van der Waals surface area contributed by atoms with Gasteiger partial charge in [-0.1, -0.05) is 50.9 Å². The number of hydrogen-bond acceptors (Lipinski definition) is 4. The summed E-state index contributed by atoms with van der Waals surface area (Å²) in [5.41, 5.74) is 5.60. The SMILES string of the molecule is CC1(C)CCc2sc(-c3ccc([C@@H]4CCN(S)C4)cc3)c(CO)c2C1. The molecule has 2 heterocycles. The lowest BCUT2D eigenvalue weighted by Gasteiger charge is -2.29. The number of aryl methyl sites for hydroxylation is 1. The minimum atomic E-state index is 0.149. The molecule has 0 unspecified atom stereocenters. The van der Waals surface area contributed by atoms with Gasteiger partial charge in [-0.2, -0.15) is 0 Å². The molecule has 4 rings (SSSR count). The monoisotopic (exact) mass is 373 g/mol. The summed E-state index contributed by atoms with van der Waals surface area (Å²) in [7, 11) is 0. The topological polar surface area (TPSA) is 23.5 Å². The average molecular weight is 374 g/mol. The molecule has 2 nitrogen and oxygen atoms in total. The fraction of sp³-hybridized carbons (Fsp3) is 0.524. The van der Waals surface area contributed by atoms with Gasteiger partial charge >= 0.3 is 0 Å². The summed E-state index contributed by atoms with van der Waals surface area (Å²) < 4.78 is 2.11. The molecule has 25 heavy (non-hydrogen) atoms. The maximum Gasteiger partial charge on any atom is 0.0698 e. The van der Waals surface area contributed by atoms with Crippen molar-refractivity contribution in [1.82, 2.24) is 4.31 Å². The number of thiol groups is 1. The van der Waals surface area contributed by atoms with Gasteiger partial charge in [0.05, 0.1) is 6.61 Å². The van der Waals surface area contributed by atoms with E-state index in [1.54, 1.807) is 0 Å². The third-order valence-electron chi connectivity index (χ3n) is 5.85. The van der Waals surface area contributed by atoms with Crippen LogP contribution < -0.4 is 0 Å². The van der Waals surface area contributed by atoms with Crippen molar-refractivity contribution in [1.29, 1.82) is 0 Å². The molecule has 0 spiro atoms. The Morgan fingerprint density at radius 1 is 1.28 bits per heavy atom. The normalized spacial score (nSPS) is 23.0. The van der Waals surface area contributed by atoms with E-state index >= 15 is 0 Å². The molecule has 0 amide bonds. The Hall–Kier alpha value is -0.810. The number of nitrogens with zero attached hydrogens (tertiary/aromatic N) is 1. The Kier molecular flexibility index (Phi) is 4.74. The largest absolute Gasteiger partial charge is 0.392 e. The van der Waals surface area contributed by atoms with Gasteiger partial charge in [0.15, 0.2) is 0 Å². The van der Waals surface area contributed by atoms with Crippen molar-refractivity contribution < 1.29 is 5.11 Å². The highest BCUT2D eigenvalue weighted by Gasteiger charge is 2.30. The molecule has 1 aromatic heterocycles. The van der Waals surface area contributed by atoms with Gasteiger partial charge in [-0.25, -0.2) is 0 Å². The molecule has 1 aromatic carbocycles. The second-order valence-electron chi connectivity index (χ2n) is 8.33. The van der Waals surface area contributed by atoms with E-state index in [9.17, 15) is 5.11 Å². The first-order valence-corrected chi connectivity index (χ1v) is 10.5. The van der Waals surface area contributed by atoms with Crippen molar-refractivity contribution in [2.75, 3.05) is 13.1 Å². The molecule has 1 fully saturated rings. The van der Waals surface area contributed by atoms with Crippen LogP contribution in [-0.4, -0.2) is 22.5 Å². The number of hydrogen-bond donors (Lipinski definition) is 2. The van der Waals surface area contributed by atoms with Crippen LogP contribution in [0.2, 0.25) is 0 Å². The number of thiophene rings is 1. The Morgan fingerprint density at radius 2 is 2.04 bits per heavy atom. The molecule has 1 aliphatic carbocycles. The van der Waals surface area contributed by atoms with E-state index in [-0.39, 0.29) is 6.61 Å². The minimum Gasteiger partial charge on any atom is -0.392 e. The summed E-state index contributed by atoms with van der Waals surface area (Å²) in [4.78, 5) is 2.77. The third kappa shape index (κ3) is 3.42. The number of fused-ring (bicyclic) bond motifs is 1. The maximum atomic E-state index is 10.0. The van der Waals surface area contributed by atoms with E-state index in [1.165, 1.54) is 44.8 Å². The molecule has 1 N–H and O–H groups in total. The highest BCUT2D eigenvalue weighted by molar-refractivity contribution is 7.77. The summed E-state index contributed by atoms with van der Waals surface area (Å²) in [6.45, 7) is 6.94. The van der Waals surface area contributed by atoms with E-state index < -0.39 is 0 Å². The van der Waals surface area contributed by atoms with Gasteiger partial charge in [0.25, 0.3) is 0 Å². The molecule has 0 bridgehead atoms. The summed E-state index contributed by atoms with van der Waals surface area (Å²) in [6, 6.07) is 9.05. The molecule has 0 saturated carbocycles. The highest BCUT2D eigenvalue weighted by atomic mass is 32.1. The van der Waals surface area contributed by atoms with Crippen LogP contribution in [-0.2, 0) is 19.4 Å².